The van der Waals surface area contributed by atoms with Gasteiger partial charge < -0.3 is 9.59 Å². The van der Waals surface area contributed by atoms with Gasteiger partial charge in [0.2, 0.25) is 0 Å². The Labute approximate surface area is 118 Å². The van der Waals surface area contributed by atoms with Crippen LogP contribution in [-0.4, -0.2) is 12.6 Å². The fraction of sp³-hybridized carbons (Fsp3) is 0.750. The number of unbranched alkanes of at least 4 members (excludes halogenated alkanes) is 2. The van der Waals surface area contributed by atoms with Crippen LogP contribution in [0.25, 0.3) is 0 Å². The Kier molecular flexibility index (Phi) is 64.3. The predicted molar refractivity (Wildman–Crippen MR) is 52.9 cm³/mol. The van der Waals surface area contributed by atoms with Crippen LogP contribution in [0.15, 0.2) is 0 Å². The molecule has 0 radical (unpaired) electrons. The van der Waals surface area contributed by atoms with Crippen LogP contribution in [0.1, 0.15) is 39.5 Å². The molecular formula is C8H14Cl2O2Ti2-2. The van der Waals surface area contributed by atoms with E-state index in [1.54, 1.807) is 12.6 Å². The Morgan fingerprint density at radius 3 is 1.21 bits per heavy atom. The summed E-state index contributed by atoms with van der Waals surface area (Å²) in [5, 5.41) is 0. The van der Waals surface area contributed by atoms with Crippen molar-refractivity contribution in [2.45, 2.75) is 39.5 Å². The van der Waals surface area contributed by atoms with Crippen LogP contribution in [0.5, 0.6) is 0 Å². The van der Waals surface area contributed by atoms with E-state index >= 15 is 0 Å². The van der Waals surface area contributed by atoms with Gasteiger partial charge in [-0.2, -0.15) is 12.8 Å². The maximum absolute atomic E-state index is 9.28. The van der Waals surface area contributed by atoms with Crippen molar-refractivity contribution < 1.29 is 48.3 Å². The van der Waals surface area contributed by atoms with Crippen molar-refractivity contribution in [2.24, 2.45) is 0 Å². The average Bonchev–Trinajstić information content (AvgIpc) is 2.09. The number of carbonyl (C=O) groups excluding carboxylic acids is 2. The van der Waals surface area contributed by atoms with Crippen molar-refractivity contribution in [3.63, 3.8) is 0 Å². The Balaban J connectivity index is -0.0000000535. The summed E-state index contributed by atoms with van der Waals surface area (Å²) in [7, 11) is 9.78. The van der Waals surface area contributed by atoms with Gasteiger partial charge in [-0.25, -0.2) is 0 Å². The van der Waals surface area contributed by atoms with Gasteiger partial charge in [0.1, 0.15) is 0 Å². The smallest absolute Gasteiger partial charge is 0 e. The zero-order valence-electron chi connectivity index (χ0n) is 8.40. The summed E-state index contributed by atoms with van der Waals surface area (Å²) in [4.78, 5) is 18.6. The van der Waals surface area contributed by atoms with Gasteiger partial charge in [0, 0.05) is 21.7 Å². The molecule has 14 heavy (non-hydrogen) atoms. The fourth-order valence-electron chi connectivity index (χ4n) is 0.204. The monoisotopic (exact) mass is 308 g/mol. The zero-order chi connectivity index (χ0) is 10.9. The quantitative estimate of drug-likeness (QED) is 0.590. The second-order valence-electron chi connectivity index (χ2n) is 1.86. The average molecular weight is 309 g/mol. The van der Waals surface area contributed by atoms with Gasteiger partial charge in [-0.05, 0) is 0 Å². The maximum atomic E-state index is 9.28. The molecule has 82 valence electrons. The third-order valence-corrected chi connectivity index (χ3v) is 0.704. The second kappa shape index (κ2) is 36.7. The van der Waals surface area contributed by atoms with Crippen LogP contribution in [0.2, 0.25) is 0 Å². The van der Waals surface area contributed by atoms with Crippen molar-refractivity contribution in [1.29, 1.82) is 0 Å². The van der Waals surface area contributed by atoms with E-state index in [-0.39, 0.29) is 21.7 Å². The van der Waals surface area contributed by atoms with E-state index in [1.807, 2.05) is 13.8 Å². The zero-order valence-corrected chi connectivity index (χ0v) is 13.0. The molecule has 6 heteroatoms. The molecule has 0 bridgehead atoms. The SMILES string of the molecule is CCC[C-]=O.CCC[C-]=O.[Cl][Ti][Cl].[Ti]. The Morgan fingerprint density at radius 1 is 1.00 bits per heavy atom. The largest absolute Gasteiger partial charge is 0 e. The minimum absolute atomic E-state index is 0. The van der Waals surface area contributed by atoms with E-state index in [2.05, 4.69) is 0 Å². The van der Waals surface area contributed by atoms with Crippen molar-refractivity contribution in [2.75, 3.05) is 0 Å². The Bertz CT molecular complexity index is 85.4. The van der Waals surface area contributed by atoms with Gasteiger partial charge in [0.15, 0.2) is 0 Å². The molecule has 0 aliphatic heterocycles. The number of hydrogen-bond donors (Lipinski definition) is 0. The molecule has 0 spiro atoms. The minimum Gasteiger partial charge on any atom is 0 e. The first-order valence-electron chi connectivity index (χ1n) is 3.91. The van der Waals surface area contributed by atoms with Crippen LogP contribution >= 0.6 is 18.6 Å². The molecule has 0 aromatic carbocycles. The van der Waals surface area contributed by atoms with Crippen LogP contribution in [0, 0.1) is 0 Å². The van der Waals surface area contributed by atoms with E-state index in [9.17, 15) is 9.59 Å². The summed E-state index contributed by atoms with van der Waals surface area (Å²) < 4.78 is 0. The molecule has 0 aliphatic rings. The fourth-order valence-corrected chi connectivity index (χ4v) is 0.204. The minimum atomic E-state index is -0.556. The van der Waals surface area contributed by atoms with Gasteiger partial charge in [0.25, 0.3) is 0 Å². The summed E-state index contributed by atoms with van der Waals surface area (Å²) in [6.07, 6.45) is 6.54. The van der Waals surface area contributed by atoms with Gasteiger partial charge >= 0.3 is 35.6 Å². The molecule has 0 N–H and O–H groups in total. The normalized spacial score (nSPS) is 6.29. The van der Waals surface area contributed by atoms with Gasteiger partial charge in [-0.1, -0.05) is 26.7 Å². The summed E-state index contributed by atoms with van der Waals surface area (Å²) in [5.74, 6) is 0. The van der Waals surface area contributed by atoms with Crippen LogP contribution in [0.3, 0.4) is 0 Å². The molecule has 0 saturated heterocycles. The van der Waals surface area contributed by atoms with E-state index in [4.69, 9.17) is 18.6 Å². The number of halogens is 2. The maximum Gasteiger partial charge on any atom is 0 e. The number of rotatable bonds is 4. The molecule has 2 nitrogen and oxygen atoms in total. The first-order valence-corrected chi connectivity index (χ1v) is 8.20. The molecule has 0 atom stereocenters. The summed E-state index contributed by atoms with van der Waals surface area (Å²) in [6.45, 7) is 3.90. The molecule has 0 amide bonds. The van der Waals surface area contributed by atoms with Crippen LogP contribution in [0.4, 0.5) is 0 Å². The second-order valence-corrected chi connectivity index (χ2v) is 4.44. The summed E-state index contributed by atoms with van der Waals surface area (Å²) in [5.41, 5.74) is 0. The third kappa shape index (κ3) is 71.2. The summed E-state index contributed by atoms with van der Waals surface area (Å²) in [6, 6.07) is 0. The molecule has 0 saturated carbocycles. The van der Waals surface area contributed by atoms with Crippen molar-refractivity contribution in [1.82, 2.24) is 0 Å². The molecule has 0 aliphatic carbocycles. The predicted octanol–water partition coefficient (Wildman–Crippen LogP) is 3.17. The van der Waals surface area contributed by atoms with E-state index in [0.29, 0.717) is 12.8 Å². The van der Waals surface area contributed by atoms with Gasteiger partial charge in [0.05, 0.1) is 0 Å². The molecule has 0 fully saturated rings. The molecule has 0 aromatic heterocycles. The first-order chi connectivity index (χ1) is 6.24. The Morgan fingerprint density at radius 2 is 1.21 bits per heavy atom. The molecule has 0 rings (SSSR count). The molecule has 0 aromatic rings. The standard InChI is InChI=1S/2C4H7O.2ClH.2Ti/c2*1-2-3-4-5;;;;/h2*2-3H2,1H3;2*1H;;/q2*-1;;;;+2/p-2. The van der Waals surface area contributed by atoms with Crippen LogP contribution in [-0.2, 0) is 48.3 Å². The molecule has 0 heterocycles. The van der Waals surface area contributed by atoms with E-state index in [0.717, 1.165) is 12.8 Å². The number of hydrogen-bond acceptors (Lipinski definition) is 2. The first kappa shape index (κ1) is 24.5. The van der Waals surface area contributed by atoms with Gasteiger partial charge in [-0.3, -0.25) is 12.6 Å². The Hall–Kier alpha value is 1.35. The summed E-state index contributed by atoms with van der Waals surface area (Å²) >= 11 is -0.556. The van der Waals surface area contributed by atoms with E-state index < -0.39 is 17.0 Å². The van der Waals surface area contributed by atoms with E-state index in [1.165, 1.54) is 0 Å². The third-order valence-electron chi connectivity index (χ3n) is 0.704. The van der Waals surface area contributed by atoms with Gasteiger partial charge in [-0.15, -0.1) is 0 Å². The molecule has 0 unspecified atom stereocenters. The van der Waals surface area contributed by atoms with Crippen molar-refractivity contribution >= 4 is 31.2 Å². The molecular weight excluding hydrogens is 295 g/mol. The van der Waals surface area contributed by atoms with Crippen molar-refractivity contribution in [3.05, 3.63) is 0 Å². The topological polar surface area (TPSA) is 34.1 Å². The van der Waals surface area contributed by atoms with Crippen molar-refractivity contribution in [3.8, 4) is 0 Å². The van der Waals surface area contributed by atoms with Crippen LogP contribution < -0.4 is 0 Å².